The Kier molecular flexibility index (Phi) is 4.92. The molecule has 1 aliphatic heterocycles. The molecule has 0 aliphatic carbocycles. The van der Waals surface area contributed by atoms with E-state index in [1.165, 1.54) is 27.9 Å². The van der Waals surface area contributed by atoms with Crippen molar-refractivity contribution in [2.75, 3.05) is 16.9 Å². The number of aryl methyl sites for hydroxylation is 2. The number of halogens is 1. The summed E-state index contributed by atoms with van der Waals surface area (Å²) in [6.45, 7) is 3.38. The Labute approximate surface area is 170 Å². The Morgan fingerprint density at radius 3 is 2.63 bits per heavy atom. The van der Waals surface area contributed by atoms with E-state index in [0.717, 1.165) is 5.56 Å². The highest BCUT2D eigenvalue weighted by Crippen LogP contribution is 2.19. The van der Waals surface area contributed by atoms with Gasteiger partial charge in [0.05, 0.1) is 5.69 Å². The highest BCUT2D eigenvalue weighted by Gasteiger charge is 2.26. The molecule has 10 nitrogen and oxygen atoms in total. The van der Waals surface area contributed by atoms with Crippen LogP contribution in [0, 0.1) is 19.7 Å². The average Bonchev–Trinajstić information content (AvgIpc) is 3.16. The van der Waals surface area contributed by atoms with Crippen molar-refractivity contribution in [2.24, 2.45) is 4.99 Å². The van der Waals surface area contributed by atoms with Crippen molar-refractivity contribution in [3.8, 4) is 5.69 Å². The molecule has 0 saturated carbocycles. The number of anilines is 2. The largest absolute Gasteiger partial charge is 0.319 e. The summed E-state index contributed by atoms with van der Waals surface area (Å²) in [5.41, 5.74) is 4.76. The van der Waals surface area contributed by atoms with Crippen LogP contribution in [0.3, 0.4) is 0 Å². The summed E-state index contributed by atoms with van der Waals surface area (Å²) in [6.07, 6.45) is 0. The van der Waals surface area contributed by atoms with Gasteiger partial charge in [0.25, 0.3) is 11.8 Å². The number of nitrogens with one attached hydrogen (secondary N) is 2. The number of aliphatic imine (C=N–C) groups is 1. The number of hydrogen-bond acceptors (Lipinski definition) is 7. The Morgan fingerprint density at radius 2 is 1.93 bits per heavy atom. The molecule has 0 saturated heterocycles. The molecule has 0 atom stereocenters. The first kappa shape index (κ1) is 19.2. The van der Waals surface area contributed by atoms with Crippen molar-refractivity contribution in [3.63, 3.8) is 0 Å². The van der Waals surface area contributed by atoms with E-state index in [0.29, 0.717) is 17.2 Å². The molecular weight excluding hydrogens is 391 g/mol. The summed E-state index contributed by atoms with van der Waals surface area (Å²) < 4.78 is 15.4. The van der Waals surface area contributed by atoms with Gasteiger partial charge in [0.15, 0.2) is 5.82 Å². The van der Waals surface area contributed by atoms with Crippen LogP contribution in [0.25, 0.3) is 5.69 Å². The van der Waals surface area contributed by atoms with Crippen molar-refractivity contribution < 1.29 is 14.0 Å². The first-order valence-corrected chi connectivity index (χ1v) is 8.99. The van der Waals surface area contributed by atoms with E-state index in [-0.39, 0.29) is 24.0 Å². The number of tetrazole rings is 1. The van der Waals surface area contributed by atoms with Crippen molar-refractivity contribution in [2.45, 2.75) is 13.8 Å². The number of carbonyl (C=O) groups excluding carboxylic acids is 2. The number of hydrazine groups is 1. The van der Waals surface area contributed by atoms with Gasteiger partial charge >= 0.3 is 0 Å². The number of amidine groups is 1. The van der Waals surface area contributed by atoms with Crippen LogP contribution in [0.5, 0.6) is 0 Å². The number of nitrogens with zero attached hydrogens (tertiary/aromatic N) is 6. The smallest absolute Gasteiger partial charge is 0.292 e. The molecule has 2 aromatic carbocycles. The summed E-state index contributed by atoms with van der Waals surface area (Å²) >= 11 is 0. The molecule has 0 unspecified atom stereocenters. The van der Waals surface area contributed by atoms with E-state index in [2.05, 4.69) is 31.3 Å². The third-order valence-electron chi connectivity index (χ3n) is 4.40. The van der Waals surface area contributed by atoms with Crippen LogP contribution in [-0.2, 0) is 9.59 Å². The first-order chi connectivity index (χ1) is 14.4. The Balaban J connectivity index is 1.53. The molecule has 0 fully saturated rings. The number of carbonyl (C=O) groups is 2. The van der Waals surface area contributed by atoms with Gasteiger partial charge in [-0.15, -0.1) is 5.10 Å². The maximum atomic E-state index is 14.2. The highest BCUT2D eigenvalue weighted by atomic mass is 19.1. The van der Waals surface area contributed by atoms with Crippen molar-refractivity contribution in [1.82, 2.24) is 25.6 Å². The van der Waals surface area contributed by atoms with E-state index >= 15 is 0 Å². The normalized spacial score (nSPS) is 13.6. The second kappa shape index (κ2) is 7.70. The van der Waals surface area contributed by atoms with E-state index in [9.17, 15) is 14.0 Å². The van der Waals surface area contributed by atoms with E-state index in [1.807, 2.05) is 19.1 Å². The third kappa shape index (κ3) is 3.72. The van der Waals surface area contributed by atoms with Crippen LogP contribution in [0.1, 0.15) is 11.4 Å². The van der Waals surface area contributed by atoms with Gasteiger partial charge in [-0.3, -0.25) is 20.0 Å². The molecule has 1 aromatic heterocycles. The molecule has 2 N–H and O–H groups in total. The van der Waals surface area contributed by atoms with E-state index in [4.69, 9.17) is 0 Å². The maximum absolute atomic E-state index is 14.2. The SMILES string of the molecule is Cc1ccc(N2NC(C(=O)Nc3ccc(F)c(-n4nnnc4C)c3)=NCC2=O)cc1. The lowest BCUT2D eigenvalue weighted by Gasteiger charge is -2.27. The van der Waals surface area contributed by atoms with Crippen LogP contribution in [0.2, 0.25) is 0 Å². The fourth-order valence-corrected chi connectivity index (χ4v) is 2.84. The average molecular weight is 408 g/mol. The fraction of sp³-hybridized carbons (Fsp3) is 0.158. The molecule has 1 aliphatic rings. The molecule has 0 radical (unpaired) electrons. The van der Waals surface area contributed by atoms with E-state index in [1.54, 1.807) is 19.1 Å². The summed E-state index contributed by atoms with van der Waals surface area (Å²) in [5.74, 6) is -1.07. The summed E-state index contributed by atoms with van der Waals surface area (Å²) in [7, 11) is 0. The molecule has 0 bridgehead atoms. The quantitative estimate of drug-likeness (QED) is 0.672. The van der Waals surface area contributed by atoms with Gasteiger partial charge in [0, 0.05) is 5.69 Å². The monoisotopic (exact) mass is 408 g/mol. The molecular formula is C19H17FN8O2. The van der Waals surface area contributed by atoms with Crippen molar-refractivity contribution in [3.05, 3.63) is 59.7 Å². The first-order valence-electron chi connectivity index (χ1n) is 8.99. The lowest BCUT2D eigenvalue weighted by Crippen LogP contribution is -2.54. The molecule has 4 rings (SSSR count). The lowest BCUT2D eigenvalue weighted by atomic mass is 10.2. The predicted octanol–water partition coefficient (Wildman–Crippen LogP) is 1.31. The van der Waals surface area contributed by atoms with Crippen LogP contribution in [-0.4, -0.2) is 44.4 Å². The number of amides is 2. The minimum Gasteiger partial charge on any atom is -0.319 e. The molecule has 152 valence electrons. The molecule has 2 amide bonds. The molecule has 2 heterocycles. The third-order valence-corrected chi connectivity index (χ3v) is 4.40. The van der Waals surface area contributed by atoms with Crippen LogP contribution in [0.4, 0.5) is 15.8 Å². The van der Waals surface area contributed by atoms with Gasteiger partial charge in [-0.2, -0.15) is 4.68 Å². The van der Waals surface area contributed by atoms with Crippen LogP contribution >= 0.6 is 0 Å². The molecule has 3 aromatic rings. The Morgan fingerprint density at radius 1 is 1.17 bits per heavy atom. The van der Waals surface area contributed by atoms with Gasteiger partial charge in [0.2, 0.25) is 5.84 Å². The fourth-order valence-electron chi connectivity index (χ4n) is 2.84. The number of rotatable bonds is 4. The van der Waals surface area contributed by atoms with Crippen molar-refractivity contribution in [1.29, 1.82) is 0 Å². The predicted molar refractivity (Wildman–Crippen MR) is 107 cm³/mol. The highest BCUT2D eigenvalue weighted by molar-refractivity contribution is 6.43. The number of hydrogen-bond donors (Lipinski definition) is 2. The minimum atomic E-state index is -0.578. The zero-order valence-corrected chi connectivity index (χ0v) is 16.1. The van der Waals surface area contributed by atoms with Crippen molar-refractivity contribution >= 4 is 29.0 Å². The summed E-state index contributed by atoms with van der Waals surface area (Å²) in [4.78, 5) is 28.9. The molecule has 11 heteroatoms. The topological polar surface area (TPSA) is 117 Å². The zero-order valence-electron chi connectivity index (χ0n) is 16.1. The van der Waals surface area contributed by atoms with Gasteiger partial charge in [-0.05, 0) is 54.6 Å². The second-order valence-corrected chi connectivity index (χ2v) is 6.60. The zero-order chi connectivity index (χ0) is 21.3. The van der Waals surface area contributed by atoms with Crippen LogP contribution < -0.4 is 15.8 Å². The van der Waals surface area contributed by atoms with Gasteiger partial charge in [0.1, 0.15) is 18.0 Å². The summed E-state index contributed by atoms with van der Waals surface area (Å²) in [5, 5.41) is 14.9. The van der Waals surface area contributed by atoms with Gasteiger partial charge < -0.3 is 5.32 Å². The number of aromatic nitrogens is 4. The molecule has 30 heavy (non-hydrogen) atoms. The van der Waals surface area contributed by atoms with Gasteiger partial charge in [-0.25, -0.2) is 9.40 Å². The second-order valence-electron chi connectivity index (χ2n) is 6.60. The Hall–Kier alpha value is -4.15. The van der Waals surface area contributed by atoms with Crippen LogP contribution in [0.15, 0.2) is 47.5 Å². The minimum absolute atomic E-state index is 0.0420. The standard InChI is InChI=1S/C19H17FN8O2/c1-11-3-6-14(7-4-11)28-17(29)10-21-18(24-28)19(30)22-13-5-8-15(20)16(9-13)27-12(2)23-25-26-27/h3-9H,10H2,1-2H3,(H,21,24)(H,22,30). The number of benzene rings is 2. The van der Waals surface area contributed by atoms with E-state index < -0.39 is 11.7 Å². The summed E-state index contributed by atoms with van der Waals surface area (Å²) in [6, 6.07) is 11.3. The maximum Gasteiger partial charge on any atom is 0.292 e. The van der Waals surface area contributed by atoms with Gasteiger partial charge in [-0.1, -0.05) is 17.7 Å². The lowest BCUT2D eigenvalue weighted by molar-refractivity contribution is -0.118. The molecule has 0 spiro atoms. The Bertz CT molecular complexity index is 1160.